The van der Waals surface area contributed by atoms with Crippen LogP contribution in [0.15, 0.2) is 48.3 Å². The molecular formula is C19H21FN4O. The van der Waals surface area contributed by atoms with Crippen LogP contribution >= 0.6 is 0 Å². The number of hydrogen-bond donors (Lipinski definition) is 2. The number of rotatable bonds is 6. The zero-order valence-corrected chi connectivity index (χ0v) is 14.0. The van der Waals surface area contributed by atoms with Gasteiger partial charge in [0.05, 0.1) is 12.4 Å². The largest absolute Gasteiger partial charge is 0.368 e. The Hall–Kier alpha value is -2.76. The number of amides is 1. The van der Waals surface area contributed by atoms with Crippen LogP contribution < -0.4 is 10.6 Å². The molecular weight excluding hydrogens is 319 g/mol. The minimum Gasteiger partial charge on any atom is -0.368 e. The molecule has 0 radical (unpaired) electrons. The predicted molar refractivity (Wildman–Crippen MR) is 96.0 cm³/mol. The minimum absolute atomic E-state index is 0.185. The van der Waals surface area contributed by atoms with Crippen molar-refractivity contribution in [1.82, 2.24) is 9.97 Å². The fourth-order valence-corrected chi connectivity index (χ4v) is 2.78. The average Bonchev–Trinajstić information content (AvgIpc) is 2.63. The maximum atomic E-state index is 13.1. The third-order valence-electron chi connectivity index (χ3n) is 4.10. The molecule has 0 bridgehead atoms. The summed E-state index contributed by atoms with van der Waals surface area (Å²) in [6.45, 7) is 0.801. The number of allylic oxidation sites excluding steroid dienone is 1. The van der Waals surface area contributed by atoms with Crippen LogP contribution in [0.25, 0.3) is 0 Å². The first-order valence-corrected chi connectivity index (χ1v) is 8.51. The lowest BCUT2D eigenvalue weighted by molar-refractivity contribution is 0.102. The normalized spacial score (nSPS) is 13.9. The van der Waals surface area contributed by atoms with Crippen molar-refractivity contribution in [2.75, 3.05) is 17.2 Å². The number of carbonyl (C=O) groups excluding carboxylic acids is 1. The van der Waals surface area contributed by atoms with Gasteiger partial charge in [0.25, 0.3) is 5.91 Å². The maximum Gasteiger partial charge on any atom is 0.275 e. The number of aromatic nitrogens is 2. The molecule has 1 aromatic carbocycles. The lowest BCUT2D eigenvalue weighted by Gasteiger charge is -2.13. The van der Waals surface area contributed by atoms with Gasteiger partial charge in [0, 0.05) is 12.2 Å². The van der Waals surface area contributed by atoms with Crippen molar-refractivity contribution in [3.63, 3.8) is 0 Å². The van der Waals surface area contributed by atoms with Crippen LogP contribution in [0.5, 0.6) is 0 Å². The van der Waals surface area contributed by atoms with Crippen LogP contribution in [0.3, 0.4) is 0 Å². The first-order valence-electron chi connectivity index (χ1n) is 8.51. The molecule has 0 atom stereocenters. The van der Waals surface area contributed by atoms with Gasteiger partial charge in [-0.3, -0.25) is 4.79 Å². The number of carbonyl (C=O) groups is 1. The summed E-state index contributed by atoms with van der Waals surface area (Å²) in [5.41, 5.74) is 2.07. The molecule has 1 amide bonds. The summed E-state index contributed by atoms with van der Waals surface area (Å²) >= 11 is 0. The van der Waals surface area contributed by atoms with E-state index in [1.807, 2.05) is 0 Å². The highest BCUT2D eigenvalue weighted by atomic mass is 19.1. The highest BCUT2D eigenvalue weighted by Gasteiger charge is 2.09. The van der Waals surface area contributed by atoms with E-state index in [2.05, 4.69) is 26.7 Å². The van der Waals surface area contributed by atoms with Gasteiger partial charge in [-0.2, -0.15) is 0 Å². The lowest BCUT2D eigenvalue weighted by atomic mass is 9.97. The Balaban J connectivity index is 1.51. The fraction of sp³-hybridized carbons (Fsp3) is 0.316. The van der Waals surface area contributed by atoms with Crippen LogP contribution in [0.2, 0.25) is 0 Å². The highest BCUT2D eigenvalue weighted by Crippen LogP contribution is 2.19. The number of anilines is 2. The van der Waals surface area contributed by atoms with Gasteiger partial charge < -0.3 is 10.6 Å². The standard InChI is InChI=1S/C19H21FN4O/c20-15-7-4-8-16(11-15)24-19(25)17-12-23-18(13-22-17)21-10-9-14-5-2-1-3-6-14/h4-5,7-8,11-13H,1-3,6,9-10H2,(H,21,23)(H,24,25). The Bertz CT molecular complexity index is 758. The molecule has 130 valence electrons. The Morgan fingerprint density at radius 2 is 2.12 bits per heavy atom. The zero-order valence-electron chi connectivity index (χ0n) is 14.0. The molecule has 5 nitrogen and oxygen atoms in total. The van der Waals surface area contributed by atoms with E-state index in [1.165, 1.54) is 61.8 Å². The number of halogens is 1. The van der Waals surface area contributed by atoms with Crippen molar-refractivity contribution >= 4 is 17.4 Å². The van der Waals surface area contributed by atoms with Gasteiger partial charge in [0.1, 0.15) is 17.3 Å². The topological polar surface area (TPSA) is 66.9 Å². The smallest absolute Gasteiger partial charge is 0.275 e. The van der Waals surface area contributed by atoms with Gasteiger partial charge in [-0.25, -0.2) is 14.4 Å². The molecule has 1 aliphatic carbocycles. The van der Waals surface area contributed by atoms with Gasteiger partial charge in [-0.05, 0) is 50.3 Å². The number of nitrogens with one attached hydrogen (secondary N) is 2. The van der Waals surface area contributed by atoms with E-state index < -0.39 is 11.7 Å². The number of hydrogen-bond acceptors (Lipinski definition) is 4. The van der Waals surface area contributed by atoms with E-state index in [0.29, 0.717) is 11.5 Å². The van der Waals surface area contributed by atoms with Crippen LogP contribution in [0, 0.1) is 5.82 Å². The quantitative estimate of drug-likeness (QED) is 0.775. The summed E-state index contributed by atoms with van der Waals surface area (Å²) < 4.78 is 13.1. The monoisotopic (exact) mass is 340 g/mol. The molecule has 1 heterocycles. The SMILES string of the molecule is O=C(Nc1cccc(F)c1)c1cnc(NCCC2=CCCCC2)cn1. The van der Waals surface area contributed by atoms with E-state index in [-0.39, 0.29) is 5.69 Å². The molecule has 2 aromatic rings. The maximum absolute atomic E-state index is 13.1. The van der Waals surface area contributed by atoms with E-state index >= 15 is 0 Å². The average molecular weight is 340 g/mol. The van der Waals surface area contributed by atoms with Crippen molar-refractivity contribution in [3.05, 3.63) is 59.8 Å². The van der Waals surface area contributed by atoms with Crippen LogP contribution in [0.4, 0.5) is 15.9 Å². The molecule has 0 saturated heterocycles. The van der Waals surface area contributed by atoms with Gasteiger partial charge in [-0.1, -0.05) is 17.7 Å². The van der Waals surface area contributed by atoms with Gasteiger partial charge in [-0.15, -0.1) is 0 Å². The summed E-state index contributed by atoms with van der Waals surface area (Å²) in [6, 6.07) is 5.72. The second kappa shape index (κ2) is 8.37. The van der Waals surface area contributed by atoms with Crippen molar-refractivity contribution in [1.29, 1.82) is 0 Å². The van der Waals surface area contributed by atoms with E-state index in [4.69, 9.17) is 0 Å². The van der Waals surface area contributed by atoms with Crippen LogP contribution in [-0.4, -0.2) is 22.4 Å². The highest BCUT2D eigenvalue weighted by molar-refractivity contribution is 6.02. The van der Waals surface area contributed by atoms with E-state index in [0.717, 1.165) is 13.0 Å². The zero-order chi connectivity index (χ0) is 17.5. The molecule has 0 aliphatic heterocycles. The predicted octanol–water partition coefficient (Wildman–Crippen LogP) is 4.17. The van der Waals surface area contributed by atoms with E-state index in [1.54, 1.807) is 6.07 Å². The van der Waals surface area contributed by atoms with Gasteiger partial charge >= 0.3 is 0 Å². The summed E-state index contributed by atoms with van der Waals surface area (Å²) in [6.07, 6.45) is 11.2. The molecule has 0 fully saturated rings. The Labute approximate surface area is 146 Å². The molecule has 25 heavy (non-hydrogen) atoms. The molecule has 6 heteroatoms. The minimum atomic E-state index is -0.419. The summed E-state index contributed by atoms with van der Waals surface area (Å²) in [4.78, 5) is 20.4. The first-order chi connectivity index (χ1) is 12.2. The molecule has 2 N–H and O–H groups in total. The van der Waals surface area contributed by atoms with Crippen molar-refractivity contribution in [2.24, 2.45) is 0 Å². The molecule has 0 saturated carbocycles. The molecule has 0 spiro atoms. The molecule has 3 rings (SSSR count). The number of benzene rings is 1. The number of nitrogens with zero attached hydrogens (tertiary/aromatic N) is 2. The first kappa shape index (κ1) is 17.1. The van der Waals surface area contributed by atoms with Gasteiger partial charge in [0.15, 0.2) is 0 Å². The second-order valence-electron chi connectivity index (χ2n) is 6.04. The van der Waals surface area contributed by atoms with Gasteiger partial charge in [0.2, 0.25) is 0 Å². The summed E-state index contributed by atoms with van der Waals surface area (Å²) in [7, 11) is 0. The Morgan fingerprint density at radius 1 is 1.20 bits per heavy atom. The van der Waals surface area contributed by atoms with Crippen LogP contribution in [0.1, 0.15) is 42.6 Å². The van der Waals surface area contributed by atoms with Crippen LogP contribution in [-0.2, 0) is 0 Å². The molecule has 0 unspecified atom stereocenters. The summed E-state index contributed by atoms with van der Waals surface area (Å²) in [5, 5.41) is 5.81. The summed E-state index contributed by atoms with van der Waals surface area (Å²) in [5.74, 6) is -0.188. The third-order valence-corrected chi connectivity index (χ3v) is 4.10. The van der Waals surface area contributed by atoms with Crippen molar-refractivity contribution in [3.8, 4) is 0 Å². The van der Waals surface area contributed by atoms with Crippen molar-refractivity contribution < 1.29 is 9.18 Å². The Kier molecular flexibility index (Phi) is 5.72. The van der Waals surface area contributed by atoms with Crippen molar-refractivity contribution in [2.45, 2.75) is 32.1 Å². The molecule has 1 aromatic heterocycles. The molecule has 1 aliphatic rings. The van der Waals surface area contributed by atoms with E-state index in [9.17, 15) is 9.18 Å². The lowest BCUT2D eigenvalue weighted by Crippen LogP contribution is -2.15. The third kappa shape index (κ3) is 5.11. The Morgan fingerprint density at radius 3 is 2.84 bits per heavy atom. The second-order valence-corrected chi connectivity index (χ2v) is 6.04. The fourth-order valence-electron chi connectivity index (χ4n) is 2.78.